The number of benzene rings is 1. The lowest BCUT2D eigenvalue weighted by atomic mass is 10.1. The summed E-state index contributed by atoms with van der Waals surface area (Å²) in [5, 5.41) is 12.7. The maximum absolute atomic E-state index is 12.1. The van der Waals surface area contributed by atoms with Crippen LogP contribution in [0.3, 0.4) is 0 Å². The Morgan fingerprint density at radius 3 is 2.65 bits per heavy atom. The molecule has 2 aromatic rings. The van der Waals surface area contributed by atoms with Crippen LogP contribution in [0.1, 0.15) is 21.6 Å². The fourth-order valence-corrected chi connectivity index (χ4v) is 2.37. The van der Waals surface area contributed by atoms with Gasteiger partial charge in [-0.2, -0.15) is 5.26 Å². The molecule has 2 N–H and O–H groups in total. The zero-order valence-corrected chi connectivity index (χ0v) is 14.2. The lowest BCUT2D eigenvalue weighted by Crippen LogP contribution is -2.26. The molecule has 0 radical (unpaired) electrons. The molecule has 7 nitrogen and oxygen atoms in total. The van der Waals surface area contributed by atoms with E-state index in [1.807, 2.05) is 18.2 Å². The second-order valence-electron chi connectivity index (χ2n) is 5.32. The predicted molar refractivity (Wildman–Crippen MR) is 96.7 cm³/mol. The molecule has 1 heterocycles. The van der Waals surface area contributed by atoms with Gasteiger partial charge in [0.1, 0.15) is 25.0 Å². The average molecular weight is 353 g/mol. The highest BCUT2D eigenvalue weighted by atomic mass is 16.5. The monoisotopic (exact) mass is 353 g/mol. The van der Waals surface area contributed by atoms with E-state index in [0.717, 1.165) is 5.56 Å². The number of alkyl carbamates (subject to hydrolysis) is 1. The molecule has 1 aromatic heterocycles. The highest BCUT2D eigenvalue weighted by molar-refractivity contribution is 6.00. The number of hydrogen-bond donors (Lipinski definition) is 2. The van der Waals surface area contributed by atoms with Crippen molar-refractivity contribution in [2.75, 3.05) is 19.8 Å². The molecule has 134 valence electrons. The number of nitriles is 1. The Labute approximate surface area is 150 Å². The van der Waals surface area contributed by atoms with E-state index in [1.165, 1.54) is 12.2 Å². The second-order valence-corrected chi connectivity index (χ2v) is 5.32. The van der Waals surface area contributed by atoms with Crippen molar-refractivity contribution in [1.29, 1.82) is 5.26 Å². The lowest BCUT2D eigenvalue weighted by Gasteiger charge is -2.05. The molecule has 0 aliphatic rings. The molecule has 0 saturated carbocycles. The van der Waals surface area contributed by atoms with Gasteiger partial charge >= 0.3 is 12.1 Å². The van der Waals surface area contributed by atoms with Gasteiger partial charge in [0.05, 0.1) is 5.56 Å². The molecular weight excluding hydrogens is 334 g/mol. The van der Waals surface area contributed by atoms with Crippen molar-refractivity contribution in [2.24, 2.45) is 0 Å². The third-order valence-electron chi connectivity index (χ3n) is 3.53. The molecule has 1 amide bonds. The van der Waals surface area contributed by atoms with E-state index in [0.29, 0.717) is 23.9 Å². The number of rotatable bonds is 8. The van der Waals surface area contributed by atoms with Crippen LogP contribution in [0.4, 0.5) is 4.79 Å². The summed E-state index contributed by atoms with van der Waals surface area (Å²) in [4.78, 5) is 26.4. The summed E-state index contributed by atoms with van der Waals surface area (Å²) < 4.78 is 9.82. The van der Waals surface area contributed by atoms with Gasteiger partial charge in [0.25, 0.3) is 0 Å². The molecule has 0 fully saturated rings. The average Bonchev–Trinajstić information content (AvgIpc) is 3.02. The van der Waals surface area contributed by atoms with E-state index in [4.69, 9.17) is 9.47 Å². The van der Waals surface area contributed by atoms with E-state index in [1.54, 1.807) is 6.07 Å². The number of nitrogens with zero attached hydrogens (tertiary/aromatic N) is 1. The van der Waals surface area contributed by atoms with Crippen LogP contribution < -0.4 is 5.32 Å². The number of carbonyl (C=O) groups is 2. The molecule has 0 saturated heterocycles. The number of esters is 1. The smallest absolute Gasteiger partial charge is 0.407 e. The zero-order chi connectivity index (χ0) is 18.9. The highest BCUT2D eigenvalue weighted by Crippen LogP contribution is 2.24. The van der Waals surface area contributed by atoms with Gasteiger partial charge in [-0.15, -0.1) is 0 Å². The van der Waals surface area contributed by atoms with Gasteiger partial charge in [0.15, 0.2) is 0 Å². The minimum atomic E-state index is -0.606. The summed E-state index contributed by atoms with van der Waals surface area (Å²) in [6.45, 7) is 7.54. The van der Waals surface area contributed by atoms with E-state index in [9.17, 15) is 14.9 Å². The Balaban J connectivity index is 2.13. The Morgan fingerprint density at radius 1 is 1.23 bits per heavy atom. The van der Waals surface area contributed by atoms with Gasteiger partial charge in [0, 0.05) is 17.4 Å². The van der Waals surface area contributed by atoms with Crippen LogP contribution in [0.25, 0.3) is 10.9 Å². The molecule has 7 heteroatoms. The van der Waals surface area contributed by atoms with E-state index < -0.39 is 12.1 Å². The molecule has 1 aromatic carbocycles. The van der Waals surface area contributed by atoms with Crippen molar-refractivity contribution in [2.45, 2.75) is 6.42 Å². The number of H-pyrrole nitrogens is 1. The molecule has 0 atom stereocenters. The largest absolute Gasteiger partial charge is 0.457 e. The number of hydrogen-bond acceptors (Lipinski definition) is 5. The maximum atomic E-state index is 12.1. The molecule has 0 unspecified atom stereocenters. The maximum Gasteiger partial charge on any atom is 0.407 e. The van der Waals surface area contributed by atoms with Gasteiger partial charge in [-0.3, -0.25) is 0 Å². The molecule has 0 spiro atoms. The Morgan fingerprint density at radius 2 is 1.96 bits per heavy atom. The zero-order valence-electron chi connectivity index (χ0n) is 14.2. The van der Waals surface area contributed by atoms with Crippen molar-refractivity contribution < 1.29 is 19.1 Å². The summed E-state index contributed by atoms with van der Waals surface area (Å²) in [5.74, 6) is -0.606. The standard InChI is InChI=1S/C19H19N3O4/c1-3-9-25-18(23)17-15(12-20)14-11-13(5-6-16(14)22-17)7-8-21-19(24)26-10-4-2/h3-6,11,22H,1-2,7-10H2,(H,21,24). The third kappa shape index (κ3) is 4.51. The van der Waals surface area contributed by atoms with Crippen molar-refractivity contribution in [1.82, 2.24) is 10.3 Å². The minimum absolute atomic E-state index is 0.0674. The summed E-state index contributed by atoms with van der Waals surface area (Å²) in [7, 11) is 0. The van der Waals surface area contributed by atoms with Crippen LogP contribution >= 0.6 is 0 Å². The quantitative estimate of drug-likeness (QED) is 0.561. The Hall–Kier alpha value is -3.53. The SMILES string of the molecule is C=CCOC(=O)NCCc1ccc2[nH]c(C(=O)OCC=C)c(C#N)c2c1. The molecular formula is C19H19N3O4. The first-order valence-electron chi connectivity index (χ1n) is 7.95. The number of aromatic amines is 1. The van der Waals surface area contributed by atoms with Gasteiger partial charge in [-0.25, -0.2) is 9.59 Å². The normalized spacial score (nSPS) is 9.96. The summed E-state index contributed by atoms with van der Waals surface area (Å²) >= 11 is 0. The van der Waals surface area contributed by atoms with E-state index in [-0.39, 0.29) is 24.5 Å². The van der Waals surface area contributed by atoms with Crippen molar-refractivity contribution >= 4 is 23.0 Å². The van der Waals surface area contributed by atoms with Gasteiger partial charge in [-0.1, -0.05) is 31.4 Å². The number of ether oxygens (including phenoxy) is 2. The number of aromatic nitrogens is 1. The number of nitrogens with one attached hydrogen (secondary N) is 2. The molecule has 2 rings (SSSR count). The summed E-state index contributed by atoms with van der Waals surface area (Å²) in [6, 6.07) is 7.49. The number of carbonyl (C=O) groups excluding carboxylic acids is 2. The van der Waals surface area contributed by atoms with Gasteiger partial charge < -0.3 is 19.8 Å². The first kappa shape index (κ1) is 18.8. The van der Waals surface area contributed by atoms with Crippen molar-refractivity contribution in [3.63, 3.8) is 0 Å². The lowest BCUT2D eigenvalue weighted by molar-refractivity contribution is 0.0543. The fourth-order valence-electron chi connectivity index (χ4n) is 2.37. The third-order valence-corrected chi connectivity index (χ3v) is 3.53. The summed E-state index contributed by atoms with van der Waals surface area (Å²) in [6.07, 6.45) is 2.97. The second kappa shape index (κ2) is 9.08. The molecule has 26 heavy (non-hydrogen) atoms. The number of amides is 1. The predicted octanol–water partition coefficient (Wildman–Crippen LogP) is 2.84. The Kier molecular flexibility index (Phi) is 6.57. The van der Waals surface area contributed by atoms with Crippen LogP contribution in [0, 0.1) is 11.3 Å². The van der Waals surface area contributed by atoms with Crippen LogP contribution in [-0.2, 0) is 15.9 Å². The topological polar surface area (TPSA) is 104 Å². The summed E-state index contributed by atoms with van der Waals surface area (Å²) in [5.41, 5.74) is 1.92. The molecule has 0 aliphatic carbocycles. The number of fused-ring (bicyclic) bond motifs is 1. The van der Waals surface area contributed by atoms with Crippen molar-refractivity contribution in [3.8, 4) is 6.07 Å². The molecule has 0 aliphatic heterocycles. The first-order chi connectivity index (χ1) is 12.6. The van der Waals surface area contributed by atoms with Crippen LogP contribution in [0.2, 0.25) is 0 Å². The van der Waals surface area contributed by atoms with E-state index >= 15 is 0 Å². The van der Waals surface area contributed by atoms with Crippen LogP contribution in [-0.4, -0.2) is 36.8 Å². The van der Waals surface area contributed by atoms with Crippen LogP contribution in [0.15, 0.2) is 43.5 Å². The van der Waals surface area contributed by atoms with Crippen molar-refractivity contribution in [3.05, 3.63) is 60.3 Å². The minimum Gasteiger partial charge on any atom is -0.457 e. The van der Waals surface area contributed by atoms with E-state index in [2.05, 4.69) is 23.5 Å². The first-order valence-corrected chi connectivity index (χ1v) is 7.95. The van der Waals surface area contributed by atoms with Gasteiger partial charge in [-0.05, 0) is 24.1 Å². The fraction of sp³-hybridized carbons (Fsp3) is 0.211. The molecule has 0 bridgehead atoms. The van der Waals surface area contributed by atoms with Gasteiger partial charge in [0.2, 0.25) is 0 Å². The Bertz CT molecular complexity index is 877. The van der Waals surface area contributed by atoms with Crippen LogP contribution in [0.5, 0.6) is 0 Å². The highest BCUT2D eigenvalue weighted by Gasteiger charge is 2.19.